The van der Waals surface area contributed by atoms with Gasteiger partial charge in [0.05, 0.1) is 11.4 Å². The van der Waals surface area contributed by atoms with Gasteiger partial charge in [0.15, 0.2) is 0 Å². The van der Waals surface area contributed by atoms with Crippen LogP contribution in [0.15, 0.2) is 30.5 Å². The summed E-state index contributed by atoms with van der Waals surface area (Å²) in [6.45, 7) is 5.71. The number of nitrogen functional groups attached to an aromatic ring is 2. The zero-order valence-corrected chi connectivity index (χ0v) is 13.9. The summed E-state index contributed by atoms with van der Waals surface area (Å²) in [7, 11) is 0. The largest absolute Gasteiger partial charge is 0.397 e. The molecule has 0 radical (unpaired) electrons. The van der Waals surface area contributed by atoms with Gasteiger partial charge in [-0.15, -0.1) is 0 Å². The van der Waals surface area contributed by atoms with Gasteiger partial charge in [-0.25, -0.2) is 4.98 Å². The Bertz CT molecular complexity index is 712. The summed E-state index contributed by atoms with van der Waals surface area (Å²) in [6, 6.07) is 7.79. The van der Waals surface area contributed by atoms with Crippen molar-refractivity contribution in [1.29, 1.82) is 0 Å². The molecule has 1 atom stereocenters. The van der Waals surface area contributed by atoms with Crippen molar-refractivity contribution < 1.29 is 4.79 Å². The number of nitrogens with two attached hydrogens (primary N) is 2. The molecule has 0 bridgehead atoms. The third kappa shape index (κ3) is 4.00. The van der Waals surface area contributed by atoms with Gasteiger partial charge >= 0.3 is 0 Å². The number of hydrogen-bond acceptors (Lipinski definition) is 4. The Balaban J connectivity index is 2.31. The average molecular weight is 312 g/mol. The molecule has 0 aliphatic heterocycles. The Morgan fingerprint density at radius 1 is 1.26 bits per heavy atom. The lowest BCUT2D eigenvalue weighted by atomic mass is 9.90. The van der Waals surface area contributed by atoms with Gasteiger partial charge in [0.2, 0.25) is 5.91 Å². The lowest BCUT2D eigenvalue weighted by Crippen LogP contribution is -2.12. The molecule has 0 aliphatic carbocycles. The van der Waals surface area contributed by atoms with Gasteiger partial charge in [0, 0.05) is 13.1 Å². The number of pyridine rings is 1. The second-order valence-electron chi connectivity index (χ2n) is 5.83. The molecule has 122 valence electrons. The molecule has 0 fully saturated rings. The Morgan fingerprint density at radius 3 is 2.52 bits per heavy atom. The van der Waals surface area contributed by atoms with Crippen molar-refractivity contribution >= 4 is 23.1 Å². The van der Waals surface area contributed by atoms with Crippen molar-refractivity contribution in [3.8, 4) is 0 Å². The van der Waals surface area contributed by atoms with Crippen molar-refractivity contribution in [2.75, 3.05) is 16.8 Å². The van der Waals surface area contributed by atoms with Crippen LogP contribution in [0.4, 0.5) is 17.2 Å². The van der Waals surface area contributed by atoms with E-state index in [2.05, 4.69) is 24.1 Å². The van der Waals surface area contributed by atoms with E-state index in [9.17, 15) is 4.79 Å². The first kappa shape index (κ1) is 16.8. The summed E-state index contributed by atoms with van der Waals surface area (Å²) in [4.78, 5) is 15.6. The number of nitrogens with one attached hydrogen (secondary N) is 1. The zero-order chi connectivity index (χ0) is 17.0. The fraction of sp³-hybridized carbons (Fsp3) is 0.333. The van der Waals surface area contributed by atoms with Crippen LogP contribution in [0, 0.1) is 0 Å². The van der Waals surface area contributed by atoms with E-state index in [-0.39, 0.29) is 11.8 Å². The summed E-state index contributed by atoms with van der Waals surface area (Å²) in [5, 5.41) is 2.79. The number of nitrogens with zero attached hydrogens (tertiary/aromatic N) is 1. The van der Waals surface area contributed by atoms with E-state index < -0.39 is 0 Å². The van der Waals surface area contributed by atoms with Gasteiger partial charge in [-0.05, 0) is 53.6 Å². The summed E-state index contributed by atoms with van der Waals surface area (Å²) < 4.78 is 0. The Labute approximate surface area is 137 Å². The minimum absolute atomic E-state index is 0.122. The maximum absolute atomic E-state index is 11.3. The van der Waals surface area contributed by atoms with Gasteiger partial charge in [-0.2, -0.15) is 0 Å². The molecule has 1 aromatic heterocycles. The summed E-state index contributed by atoms with van der Waals surface area (Å²) >= 11 is 0. The van der Waals surface area contributed by atoms with E-state index in [4.69, 9.17) is 11.5 Å². The third-order valence-corrected chi connectivity index (χ3v) is 3.98. The van der Waals surface area contributed by atoms with Crippen molar-refractivity contribution in [1.82, 2.24) is 4.98 Å². The topological polar surface area (TPSA) is 94.0 Å². The minimum atomic E-state index is -0.122. The van der Waals surface area contributed by atoms with Crippen LogP contribution in [-0.4, -0.2) is 10.9 Å². The normalized spacial score (nSPS) is 12.0. The Kier molecular flexibility index (Phi) is 5.21. The highest BCUT2D eigenvalue weighted by molar-refractivity contribution is 5.88. The number of benzene rings is 1. The summed E-state index contributed by atoms with van der Waals surface area (Å²) in [6.07, 6.45) is 3.39. The molecule has 5 N–H and O–H groups in total. The number of rotatable bonds is 5. The molecule has 23 heavy (non-hydrogen) atoms. The van der Waals surface area contributed by atoms with Crippen LogP contribution in [0.2, 0.25) is 0 Å². The molecule has 0 saturated heterocycles. The maximum atomic E-state index is 11.3. The van der Waals surface area contributed by atoms with Gasteiger partial charge in [-0.1, -0.05) is 19.9 Å². The number of amides is 1. The molecule has 5 nitrogen and oxygen atoms in total. The molecule has 1 aromatic carbocycles. The number of aryl methyl sites for hydroxylation is 1. The summed E-state index contributed by atoms with van der Waals surface area (Å²) in [5.74, 6) is 0.691. The molecule has 1 heterocycles. The monoisotopic (exact) mass is 312 g/mol. The first-order valence-corrected chi connectivity index (χ1v) is 7.81. The number of anilines is 3. The van der Waals surface area contributed by atoms with Crippen LogP contribution in [-0.2, 0) is 17.6 Å². The van der Waals surface area contributed by atoms with Crippen molar-refractivity contribution in [2.45, 2.75) is 39.5 Å². The molecule has 2 rings (SSSR count). The maximum Gasteiger partial charge on any atom is 0.222 e. The molecule has 1 unspecified atom stereocenters. The molecule has 2 aromatic rings. The molecule has 0 spiro atoms. The molecule has 1 amide bonds. The van der Waals surface area contributed by atoms with E-state index in [0.29, 0.717) is 17.2 Å². The SMILES string of the molecule is CCc1cc(N)c(N)cc1CC(C)c1cccnc1NC(C)=O. The van der Waals surface area contributed by atoms with E-state index >= 15 is 0 Å². The van der Waals surface area contributed by atoms with Crippen LogP contribution >= 0.6 is 0 Å². The van der Waals surface area contributed by atoms with E-state index in [0.717, 1.165) is 18.4 Å². The van der Waals surface area contributed by atoms with Gasteiger partial charge in [0.1, 0.15) is 5.82 Å². The van der Waals surface area contributed by atoms with Crippen molar-refractivity contribution in [2.24, 2.45) is 0 Å². The molecule has 0 aliphatic rings. The quantitative estimate of drug-likeness (QED) is 0.739. The van der Waals surface area contributed by atoms with Gasteiger partial charge < -0.3 is 16.8 Å². The smallest absolute Gasteiger partial charge is 0.222 e. The van der Waals surface area contributed by atoms with Gasteiger partial charge in [0.25, 0.3) is 0 Å². The van der Waals surface area contributed by atoms with Crippen molar-refractivity contribution in [3.63, 3.8) is 0 Å². The first-order valence-electron chi connectivity index (χ1n) is 7.81. The van der Waals surface area contributed by atoms with Crippen LogP contribution in [0.3, 0.4) is 0 Å². The lowest BCUT2D eigenvalue weighted by molar-refractivity contribution is -0.114. The van der Waals surface area contributed by atoms with Gasteiger partial charge in [-0.3, -0.25) is 4.79 Å². The highest BCUT2D eigenvalue weighted by Gasteiger charge is 2.15. The lowest BCUT2D eigenvalue weighted by Gasteiger charge is -2.18. The number of aromatic nitrogens is 1. The molecular weight excluding hydrogens is 288 g/mol. The standard InChI is InChI=1S/C18H24N4O/c1-4-13-9-16(19)17(20)10-14(13)8-11(2)15-6-5-7-21-18(15)22-12(3)23/h5-7,9-11H,4,8,19-20H2,1-3H3,(H,21,22,23). The highest BCUT2D eigenvalue weighted by atomic mass is 16.1. The van der Waals surface area contributed by atoms with E-state index in [1.54, 1.807) is 6.20 Å². The second-order valence-corrected chi connectivity index (χ2v) is 5.83. The average Bonchev–Trinajstić information content (AvgIpc) is 2.50. The van der Waals surface area contributed by atoms with E-state index in [1.807, 2.05) is 24.3 Å². The fourth-order valence-corrected chi connectivity index (χ4v) is 2.77. The number of carbonyl (C=O) groups excluding carboxylic acids is 1. The van der Waals surface area contributed by atoms with Crippen LogP contribution < -0.4 is 16.8 Å². The Morgan fingerprint density at radius 2 is 1.91 bits per heavy atom. The number of hydrogen-bond donors (Lipinski definition) is 3. The number of carbonyl (C=O) groups is 1. The van der Waals surface area contributed by atoms with E-state index in [1.165, 1.54) is 18.1 Å². The first-order chi connectivity index (χ1) is 10.9. The fourth-order valence-electron chi connectivity index (χ4n) is 2.77. The summed E-state index contributed by atoms with van der Waals surface area (Å²) in [5.41, 5.74) is 16.5. The van der Waals surface area contributed by atoms with Crippen molar-refractivity contribution in [3.05, 3.63) is 47.2 Å². The highest BCUT2D eigenvalue weighted by Crippen LogP contribution is 2.29. The molecular formula is C18H24N4O. The zero-order valence-electron chi connectivity index (χ0n) is 13.9. The van der Waals surface area contributed by atoms with Crippen LogP contribution in [0.5, 0.6) is 0 Å². The Hall–Kier alpha value is -2.56. The van der Waals surface area contributed by atoms with Crippen LogP contribution in [0.25, 0.3) is 0 Å². The van der Waals surface area contributed by atoms with Crippen LogP contribution in [0.1, 0.15) is 43.4 Å². The predicted octanol–water partition coefficient (Wildman–Crippen LogP) is 3.11. The predicted molar refractivity (Wildman–Crippen MR) is 95.3 cm³/mol. The molecule has 0 saturated carbocycles. The second kappa shape index (κ2) is 7.13. The minimum Gasteiger partial charge on any atom is -0.397 e. The molecule has 5 heteroatoms. The third-order valence-electron chi connectivity index (χ3n) is 3.98.